The van der Waals surface area contributed by atoms with Gasteiger partial charge in [-0.1, -0.05) is 31.0 Å². The second-order valence-corrected chi connectivity index (χ2v) is 10.0. The van der Waals surface area contributed by atoms with Gasteiger partial charge in [0, 0.05) is 38.1 Å². The van der Waals surface area contributed by atoms with Gasteiger partial charge < -0.3 is 15.2 Å². The van der Waals surface area contributed by atoms with Gasteiger partial charge in [-0.2, -0.15) is 0 Å². The number of aliphatic imine (C=N–C) groups is 1. The molecule has 0 atom stereocenters. The van der Waals surface area contributed by atoms with Crippen molar-refractivity contribution in [2.75, 3.05) is 39.5 Å². The van der Waals surface area contributed by atoms with E-state index in [4.69, 9.17) is 0 Å². The zero-order chi connectivity index (χ0) is 21.4. The Kier molecular flexibility index (Phi) is 8.86. The maximum absolute atomic E-state index is 4.50. The quantitative estimate of drug-likeness (QED) is 0.268. The van der Waals surface area contributed by atoms with E-state index in [0.29, 0.717) is 6.04 Å². The molecular formula is C22H41N7S. The first-order valence-corrected chi connectivity index (χ1v) is 12.9. The number of rotatable bonds is 9. The van der Waals surface area contributed by atoms with Gasteiger partial charge in [0.2, 0.25) is 0 Å². The van der Waals surface area contributed by atoms with Crippen molar-refractivity contribution in [3.05, 3.63) is 5.82 Å². The fourth-order valence-corrected chi connectivity index (χ4v) is 5.30. The molecule has 1 aliphatic heterocycles. The Balaban J connectivity index is 1.43. The van der Waals surface area contributed by atoms with Gasteiger partial charge in [-0.3, -0.25) is 9.89 Å². The Morgan fingerprint density at radius 1 is 1.10 bits per heavy atom. The van der Waals surface area contributed by atoms with E-state index < -0.39 is 0 Å². The van der Waals surface area contributed by atoms with E-state index in [-0.39, 0.29) is 5.54 Å². The Hall–Kier alpha value is -1.28. The molecule has 0 aromatic carbocycles. The van der Waals surface area contributed by atoms with Crippen molar-refractivity contribution in [3.63, 3.8) is 0 Å². The smallest absolute Gasteiger partial charge is 0.191 e. The molecule has 3 rings (SSSR count). The summed E-state index contributed by atoms with van der Waals surface area (Å²) in [5, 5.41) is 17.0. The van der Waals surface area contributed by atoms with Crippen LogP contribution in [0.4, 0.5) is 0 Å². The molecule has 2 fully saturated rings. The number of hydrogen-bond donors (Lipinski definition) is 2. The summed E-state index contributed by atoms with van der Waals surface area (Å²) in [4.78, 5) is 7.03. The first-order chi connectivity index (χ1) is 14.5. The van der Waals surface area contributed by atoms with E-state index >= 15 is 0 Å². The summed E-state index contributed by atoms with van der Waals surface area (Å²) < 4.78 is 2.41. The number of nitrogens with one attached hydrogen (secondary N) is 2. The summed E-state index contributed by atoms with van der Waals surface area (Å²) in [6.07, 6.45) is 13.3. The van der Waals surface area contributed by atoms with Crippen LogP contribution in [-0.4, -0.2) is 70.6 Å². The summed E-state index contributed by atoms with van der Waals surface area (Å²) in [5.41, 5.74) is 0.143. The number of likely N-dealkylation sites (tertiary alicyclic amines) is 1. The second-order valence-electron chi connectivity index (χ2n) is 9.23. The minimum Gasteiger partial charge on any atom is -0.356 e. The van der Waals surface area contributed by atoms with Crippen LogP contribution in [0.5, 0.6) is 0 Å². The largest absolute Gasteiger partial charge is 0.356 e. The van der Waals surface area contributed by atoms with Crippen molar-refractivity contribution in [2.45, 2.75) is 88.4 Å². The molecule has 0 bridgehead atoms. The molecule has 0 radical (unpaired) electrons. The molecule has 1 saturated heterocycles. The van der Waals surface area contributed by atoms with Gasteiger partial charge in [0.05, 0.1) is 0 Å². The van der Waals surface area contributed by atoms with E-state index in [9.17, 15) is 0 Å². The predicted molar refractivity (Wildman–Crippen MR) is 126 cm³/mol. The number of thioether (sulfide) groups is 1. The fraction of sp³-hybridized carbons (Fsp3) is 0.864. The third kappa shape index (κ3) is 6.13. The first-order valence-electron chi connectivity index (χ1n) is 11.7. The highest BCUT2D eigenvalue weighted by molar-refractivity contribution is 7.98. The average Bonchev–Trinajstić information content (AvgIpc) is 3.43. The molecule has 30 heavy (non-hydrogen) atoms. The third-order valence-electron chi connectivity index (χ3n) is 6.60. The van der Waals surface area contributed by atoms with Crippen molar-refractivity contribution in [1.29, 1.82) is 0 Å². The van der Waals surface area contributed by atoms with Crippen LogP contribution in [0.1, 0.15) is 77.1 Å². The molecule has 2 aliphatic rings. The Morgan fingerprint density at radius 2 is 1.83 bits per heavy atom. The van der Waals surface area contributed by atoms with Crippen molar-refractivity contribution < 1.29 is 0 Å². The van der Waals surface area contributed by atoms with Crippen molar-refractivity contribution in [3.8, 4) is 0 Å². The van der Waals surface area contributed by atoms with Gasteiger partial charge in [0.25, 0.3) is 0 Å². The van der Waals surface area contributed by atoms with Gasteiger partial charge in [-0.05, 0) is 65.3 Å². The Bertz CT molecular complexity index is 673. The summed E-state index contributed by atoms with van der Waals surface area (Å²) in [7, 11) is 1.85. The predicted octanol–water partition coefficient (Wildman–Crippen LogP) is 3.48. The van der Waals surface area contributed by atoms with E-state index in [0.717, 1.165) is 42.9 Å². The number of nitrogens with zero attached hydrogens (tertiary/aromatic N) is 5. The number of piperidine rings is 1. The summed E-state index contributed by atoms with van der Waals surface area (Å²) >= 11 is 1.71. The maximum Gasteiger partial charge on any atom is 0.191 e. The molecular weight excluding hydrogens is 394 g/mol. The van der Waals surface area contributed by atoms with Crippen molar-refractivity contribution in [2.24, 2.45) is 4.99 Å². The van der Waals surface area contributed by atoms with Crippen LogP contribution >= 0.6 is 11.8 Å². The Labute approximate surface area is 186 Å². The van der Waals surface area contributed by atoms with E-state index in [1.165, 1.54) is 58.0 Å². The van der Waals surface area contributed by atoms with E-state index in [1.807, 2.05) is 7.05 Å². The summed E-state index contributed by atoms with van der Waals surface area (Å²) in [5.74, 6) is 2.03. The molecule has 1 aliphatic carbocycles. The monoisotopic (exact) mass is 435 g/mol. The number of aryl methyl sites for hydroxylation is 1. The normalized spacial score (nSPS) is 19.4. The lowest BCUT2D eigenvalue weighted by Crippen LogP contribution is -2.54. The highest BCUT2D eigenvalue weighted by Gasteiger charge is 2.28. The van der Waals surface area contributed by atoms with E-state index in [1.54, 1.807) is 11.8 Å². The second kappa shape index (κ2) is 11.4. The maximum atomic E-state index is 4.50. The summed E-state index contributed by atoms with van der Waals surface area (Å²) in [6, 6.07) is 0.594. The van der Waals surface area contributed by atoms with Gasteiger partial charge in [-0.15, -0.1) is 10.2 Å². The van der Waals surface area contributed by atoms with Crippen LogP contribution in [0.25, 0.3) is 0 Å². The molecule has 1 saturated carbocycles. The average molecular weight is 436 g/mol. The SMILES string of the molecule is CN=C(NCCCc1nnc(SC)n1C1CCCC1)NCC(C)(C)N1CCCCC1. The summed E-state index contributed by atoms with van der Waals surface area (Å²) in [6.45, 7) is 8.87. The molecule has 2 N–H and O–H groups in total. The first kappa shape index (κ1) is 23.4. The van der Waals surface area contributed by atoms with Gasteiger partial charge in [0.1, 0.15) is 5.82 Å². The topological polar surface area (TPSA) is 70.4 Å². The third-order valence-corrected chi connectivity index (χ3v) is 7.24. The molecule has 8 heteroatoms. The van der Waals surface area contributed by atoms with Gasteiger partial charge >= 0.3 is 0 Å². The fourth-order valence-electron chi connectivity index (χ4n) is 4.73. The van der Waals surface area contributed by atoms with Gasteiger partial charge in [-0.25, -0.2) is 0 Å². The number of hydrogen-bond acceptors (Lipinski definition) is 5. The molecule has 2 heterocycles. The van der Waals surface area contributed by atoms with Gasteiger partial charge in [0.15, 0.2) is 11.1 Å². The lowest BCUT2D eigenvalue weighted by molar-refractivity contribution is 0.0982. The van der Waals surface area contributed by atoms with Crippen LogP contribution in [0.2, 0.25) is 0 Å². The van der Waals surface area contributed by atoms with Crippen LogP contribution < -0.4 is 10.6 Å². The molecule has 170 valence electrons. The molecule has 1 aromatic heterocycles. The van der Waals surface area contributed by atoms with Crippen molar-refractivity contribution >= 4 is 17.7 Å². The molecule has 1 aromatic rings. The highest BCUT2D eigenvalue weighted by atomic mass is 32.2. The lowest BCUT2D eigenvalue weighted by Gasteiger charge is -2.41. The Morgan fingerprint density at radius 3 is 2.50 bits per heavy atom. The van der Waals surface area contributed by atoms with Crippen LogP contribution in [-0.2, 0) is 6.42 Å². The van der Waals surface area contributed by atoms with Crippen LogP contribution in [0.15, 0.2) is 10.1 Å². The zero-order valence-corrected chi connectivity index (χ0v) is 20.2. The molecule has 0 amide bonds. The lowest BCUT2D eigenvalue weighted by atomic mass is 9.98. The minimum atomic E-state index is 0.143. The van der Waals surface area contributed by atoms with E-state index in [2.05, 4.69) is 55.4 Å². The highest BCUT2D eigenvalue weighted by Crippen LogP contribution is 2.33. The standard InChI is InChI=1S/C22H41N7S/c1-22(2,28-15-8-5-9-16-28)17-25-20(23-3)24-14-10-13-19-26-27-21(30-4)29(19)18-11-6-7-12-18/h18H,5-17H2,1-4H3,(H2,23,24,25). The zero-order valence-electron chi connectivity index (χ0n) is 19.4. The molecule has 0 spiro atoms. The van der Waals surface area contributed by atoms with Crippen molar-refractivity contribution in [1.82, 2.24) is 30.3 Å². The number of aromatic nitrogens is 3. The molecule has 0 unspecified atom stereocenters. The van der Waals surface area contributed by atoms with Crippen LogP contribution in [0.3, 0.4) is 0 Å². The number of guanidine groups is 1. The van der Waals surface area contributed by atoms with Crippen LogP contribution in [0, 0.1) is 0 Å². The molecule has 7 nitrogen and oxygen atoms in total. The minimum absolute atomic E-state index is 0.143.